The predicted octanol–water partition coefficient (Wildman–Crippen LogP) is 0.855. The molecule has 0 saturated carbocycles. The van der Waals surface area contributed by atoms with Gasteiger partial charge in [0, 0.05) is 18.8 Å². The van der Waals surface area contributed by atoms with Gasteiger partial charge in [-0.15, -0.1) is 0 Å². The largest absolute Gasteiger partial charge is 0.355 e. The third-order valence-corrected chi connectivity index (χ3v) is 2.52. The maximum Gasteiger partial charge on any atom is 0.222 e. The molecule has 6 heteroatoms. The summed E-state index contributed by atoms with van der Waals surface area (Å²) in [7, 11) is 0. The highest BCUT2D eigenvalue weighted by Gasteiger charge is 2.19. The summed E-state index contributed by atoms with van der Waals surface area (Å²) < 4.78 is 1.99. The summed E-state index contributed by atoms with van der Waals surface area (Å²) in [6.45, 7) is 7.08. The lowest BCUT2D eigenvalue weighted by Gasteiger charge is -2.29. The van der Waals surface area contributed by atoms with E-state index in [1.165, 1.54) is 0 Å². The number of nitrogens with one attached hydrogen (secondary N) is 2. The molecule has 0 spiro atoms. The first-order valence-electron chi connectivity index (χ1n) is 5.11. The van der Waals surface area contributed by atoms with E-state index < -0.39 is 0 Å². The van der Waals surface area contributed by atoms with E-state index in [4.69, 9.17) is 0 Å². The minimum Gasteiger partial charge on any atom is -0.355 e. The second-order valence-corrected chi connectivity index (χ2v) is 4.25. The van der Waals surface area contributed by atoms with E-state index >= 15 is 0 Å². The van der Waals surface area contributed by atoms with Crippen molar-refractivity contribution in [3.8, 4) is 0 Å². The minimum absolute atomic E-state index is 0.0356. The molecule has 5 nitrogen and oxygen atoms in total. The Morgan fingerprint density at radius 3 is 2.87 bits per heavy atom. The summed E-state index contributed by atoms with van der Waals surface area (Å²) in [5.41, 5.74) is 0. The number of nitrogens with zero attached hydrogens (tertiary/aromatic N) is 3. The normalized spacial score (nSPS) is 20.7. The molecule has 0 saturated heterocycles. The van der Waals surface area contributed by atoms with Crippen LogP contribution >= 0.6 is 11.9 Å². The van der Waals surface area contributed by atoms with Crippen LogP contribution in [-0.4, -0.2) is 41.7 Å². The smallest absolute Gasteiger partial charge is 0.222 e. The number of rotatable bonds is 4. The second-order valence-electron chi connectivity index (χ2n) is 3.47. The molecule has 0 aromatic rings. The molecular formula is C9H19N5S. The molecule has 1 aliphatic rings. The van der Waals surface area contributed by atoms with Gasteiger partial charge in [-0.2, -0.15) is 0 Å². The molecule has 0 aromatic heterocycles. The number of aliphatic imine (C=N–C) groups is 2. The third kappa shape index (κ3) is 3.71. The fourth-order valence-electron chi connectivity index (χ4n) is 1.19. The van der Waals surface area contributed by atoms with E-state index in [0.29, 0.717) is 12.0 Å². The Bertz CT molecular complexity index is 251. The molecule has 86 valence electrons. The van der Waals surface area contributed by atoms with Crippen molar-refractivity contribution >= 4 is 24.2 Å². The maximum absolute atomic E-state index is 4.47. The highest BCUT2D eigenvalue weighted by molar-refractivity contribution is 7.96. The van der Waals surface area contributed by atoms with Crippen LogP contribution in [0.15, 0.2) is 9.98 Å². The van der Waals surface area contributed by atoms with Crippen molar-refractivity contribution in [2.45, 2.75) is 33.1 Å². The molecule has 1 aliphatic heterocycles. The van der Waals surface area contributed by atoms with E-state index in [0.717, 1.165) is 6.54 Å². The highest BCUT2D eigenvalue weighted by atomic mass is 32.2. The Labute approximate surface area is 95.6 Å². The van der Waals surface area contributed by atoms with Crippen LogP contribution in [-0.2, 0) is 0 Å². The summed E-state index contributed by atoms with van der Waals surface area (Å²) in [6, 6.07) is 0.391. The Morgan fingerprint density at radius 1 is 1.60 bits per heavy atom. The van der Waals surface area contributed by atoms with E-state index in [9.17, 15) is 0 Å². The van der Waals surface area contributed by atoms with Crippen LogP contribution in [0.25, 0.3) is 0 Å². The Kier molecular flexibility index (Phi) is 4.90. The minimum atomic E-state index is -0.0356. The lowest BCUT2D eigenvalue weighted by atomic mass is 10.4. The van der Waals surface area contributed by atoms with Crippen molar-refractivity contribution in [2.24, 2.45) is 9.98 Å². The summed E-state index contributed by atoms with van der Waals surface area (Å²) in [5.74, 6) is 0.695. The zero-order valence-corrected chi connectivity index (χ0v) is 10.5. The van der Waals surface area contributed by atoms with Gasteiger partial charge < -0.3 is 5.32 Å². The van der Waals surface area contributed by atoms with Crippen LogP contribution in [0.1, 0.15) is 20.8 Å². The molecule has 0 aromatic carbocycles. The van der Waals surface area contributed by atoms with E-state index in [1.807, 2.05) is 17.5 Å². The third-order valence-electron chi connectivity index (χ3n) is 1.81. The average molecular weight is 229 g/mol. The quantitative estimate of drug-likeness (QED) is 0.702. The highest BCUT2D eigenvalue weighted by Crippen LogP contribution is 2.11. The monoisotopic (exact) mass is 229 g/mol. The molecule has 1 heterocycles. The first-order chi connectivity index (χ1) is 7.17. The first kappa shape index (κ1) is 12.3. The van der Waals surface area contributed by atoms with Gasteiger partial charge in [-0.1, -0.05) is 0 Å². The van der Waals surface area contributed by atoms with Crippen molar-refractivity contribution in [1.29, 1.82) is 0 Å². The van der Waals surface area contributed by atoms with Crippen LogP contribution < -0.4 is 10.6 Å². The van der Waals surface area contributed by atoms with Gasteiger partial charge in [0.15, 0.2) is 6.29 Å². The van der Waals surface area contributed by atoms with E-state index in [-0.39, 0.29) is 6.29 Å². The van der Waals surface area contributed by atoms with Crippen LogP contribution in [0.4, 0.5) is 0 Å². The molecule has 0 fully saturated rings. The van der Waals surface area contributed by atoms with Gasteiger partial charge in [-0.05, 0) is 32.7 Å². The van der Waals surface area contributed by atoms with Crippen LogP contribution in [0.3, 0.4) is 0 Å². The maximum atomic E-state index is 4.47. The van der Waals surface area contributed by atoms with Crippen molar-refractivity contribution in [3.63, 3.8) is 0 Å². The first-order valence-corrected chi connectivity index (χ1v) is 6.30. The van der Waals surface area contributed by atoms with Crippen molar-refractivity contribution in [1.82, 2.24) is 14.9 Å². The molecule has 0 amide bonds. The fourth-order valence-corrected chi connectivity index (χ4v) is 1.64. The number of hydrogen-bond donors (Lipinski definition) is 2. The Hall–Kier alpha value is -0.750. The fraction of sp³-hybridized carbons (Fsp3) is 0.778. The number of hydrogen-bond acceptors (Lipinski definition) is 6. The van der Waals surface area contributed by atoms with Crippen LogP contribution in [0.2, 0.25) is 0 Å². The average Bonchev–Trinajstić information content (AvgIpc) is 2.18. The molecule has 1 unspecified atom stereocenters. The Morgan fingerprint density at radius 2 is 2.33 bits per heavy atom. The van der Waals surface area contributed by atoms with Gasteiger partial charge in [0.25, 0.3) is 0 Å². The molecule has 1 atom stereocenters. The zero-order chi connectivity index (χ0) is 11.3. The topological polar surface area (TPSA) is 52.0 Å². The standard InChI is InChI=1S/C9H19N5S/c1-5-10-8-11-6-14(15-4)9(13-8)12-7(2)3/h6-7,9,12H,5H2,1-4H3,(H,10,13). The van der Waals surface area contributed by atoms with Crippen molar-refractivity contribution in [3.05, 3.63) is 0 Å². The lowest BCUT2D eigenvalue weighted by molar-refractivity contribution is 0.371. The molecule has 1 rings (SSSR count). The summed E-state index contributed by atoms with van der Waals surface area (Å²) in [4.78, 5) is 8.67. The molecular weight excluding hydrogens is 210 g/mol. The molecule has 0 bridgehead atoms. The summed E-state index contributed by atoms with van der Waals surface area (Å²) >= 11 is 1.60. The van der Waals surface area contributed by atoms with Gasteiger partial charge >= 0.3 is 0 Å². The van der Waals surface area contributed by atoms with Gasteiger partial charge in [0.1, 0.15) is 6.34 Å². The second kappa shape index (κ2) is 5.97. The summed E-state index contributed by atoms with van der Waals surface area (Å²) in [6.07, 6.45) is 3.77. The van der Waals surface area contributed by atoms with E-state index in [1.54, 1.807) is 18.3 Å². The predicted molar refractivity (Wildman–Crippen MR) is 67.0 cm³/mol. The zero-order valence-electron chi connectivity index (χ0n) is 9.69. The molecule has 15 heavy (non-hydrogen) atoms. The molecule has 2 N–H and O–H groups in total. The van der Waals surface area contributed by atoms with Gasteiger partial charge in [0.05, 0.1) is 0 Å². The number of guanidine groups is 1. The van der Waals surface area contributed by atoms with Crippen LogP contribution in [0, 0.1) is 0 Å². The van der Waals surface area contributed by atoms with Gasteiger partial charge in [0.2, 0.25) is 5.96 Å². The van der Waals surface area contributed by atoms with Crippen LogP contribution in [0.5, 0.6) is 0 Å². The van der Waals surface area contributed by atoms with E-state index in [2.05, 4.69) is 34.5 Å². The SMILES string of the molecule is CCNC1=NC(NC(C)C)N(SC)C=N1. The lowest BCUT2D eigenvalue weighted by Crippen LogP contribution is -2.47. The summed E-state index contributed by atoms with van der Waals surface area (Å²) in [5, 5.41) is 6.47. The Balaban J connectivity index is 2.65. The van der Waals surface area contributed by atoms with Gasteiger partial charge in [-0.3, -0.25) is 9.62 Å². The molecule has 0 radical (unpaired) electrons. The van der Waals surface area contributed by atoms with Gasteiger partial charge in [-0.25, -0.2) is 9.98 Å². The van der Waals surface area contributed by atoms with Crippen molar-refractivity contribution < 1.29 is 0 Å². The van der Waals surface area contributed by atoms with Crippen molar-refractivity contribution in [2.75, 3.05) is 12.8 Å². The molecule has 0 aliphatic carbocycles.